The smallest absolute Gasteiger partial charge is 0.380 e. The maximum absolute atomic E-state index is 11.9. The maximum atomic E-state index is 11.9. The molecule has 0 aliphatic carbocycles. The lowest BCUT2D eigenvalue weighted by Gasteiger charge is -2.21. The molecule has 0 N–H and O–H groups in total. The summed E-state index contributed by atoms with van der Waals surface area (Å²) in [4.78, 5) is 12.3. The third kappa shape index (κ3) is 2.65. The number of hydrogen-bond donors (Lipinski definition) is 0. The van der Waals surface area contributed by atoms with Gasteiger partial charge in [0.25, 0.3) is 0 Å². The Hall–Kier alpha value is -1.25. The number of amides is 1. The van der Waals surface area contributed by atoms with Crippen molar-refractivity contribution in [1.82, 2.24) is 4.90 Å². The van der Waals surface area contributed by atoms with E-state index in [9.17, 15) is 26.4 Å². The van der Waals surface area contributed by atoms with Crippen LogP contribution in [0.2, 0.25) is 0 Å². The average Bonchev–Trinajstić information content (AvgIpc) is 2.09. The minimum Gasteiger partial charge on any atom is -0.380 e. The van der Waals surface area contributed by atoms with Crippen molar-refractivity contribution in [3.8, 4) is 0 Å². The van der Waals surface area contributed by atoms with Crippen LogP contribution in [0.4, 0.5) is 13.2 Å². The molecule has 0 atom stereocenters. The summed E-state index contributed by atoms with van der Waals surface area (Å²) in [6.45, 7) is 0.109. The highest BCUT2D eigenvalue weighted by molar-refractivity contribution is 7.87. The predicted octanol–water partition coefficient (Wildman–Crippen LogP) is 0.599. The Balaban J connectivity index is 2.85. The first-order valence-electron chi connectivity index (χ1n) is 4.10. The molecule has 1 amide bonds. The van der Waals surface area contributed by atoms with E-state index in [1.54, 1.807) is 0 Å². The Morgan fingerprint density at radius 2 is 2.00 bits per heavy atom. The summed E-state index contributed by atoms with van der Waals surface area (Å²) in [5, 5.41) is 0. The van der Waals surface area contributed by atoms with Crippen LogP contribution in [0.15, 0.2) is 11.8 Å². The van der Waals surface area contributed by atoms with Crippen LogP contribution in [0.3, 0.4) is 0 Å². The molecule has 0 fully saturated rings. The van der Waals surface area contributed by atoms with Crippen LogP contribution in [0.25, 0.3) is 0 Å². The number of carbonyl (C=O) groups is 1. The predicted molar refractivity (Wildman–Crippen MR) is 46.4 cm³/mol. The van der Waals surface area contributed by atoms with Gasteiger partial charge in [-0.2, -0.15) is 21.6 Å². The first kappa shape index (κ1) is 12.8. The van der Waals surface area contributed by atoms with Crippen LogP contribution >= 0.6 is 0 Å². The third-order valence-corrected chi connectivity index (χ3v) is 2.85. The lowest BCUT2D eigenvalue weighted by atomic mass is 10.2. The first-order valence-corrected chi connectivity index (χ1v) is 5.51. The summed E-state index contributed by atoms with van der Waals surface area (Å²) in [6, 6.07) is 0. The summed E-state index contributed by atoms with van der Waals surface area (Å²) in [5.74, 6) is -1.10. The molecule has 0 aromatic carbocycles. The Morgan fingerprint density at radius 1 is 1.44 bits per heavy atom. The third-order valence-electron chi connectivity index (χ3n) is 1.85. The number of hydrogen-bond acceptors (Lipinski definition) is 4. The van der Waals surface area contributed by atoms with E-state index in [0.717, 1.165) is 6.08 Å². The van der Waals surface area contributed by atoms with Gasteiger partial charge in [-0.15, -0.1) is 0 Å². The van der Waals surface area contributed by atoms with Gasteiger partial charge >= 0.3 is 15.6 Å². The van der Waals surface area contributed by atoms with E-state index in [-0.39, 0.29) is 13.0 Å². The van der Waals surface area contributed by atoms with E-state index < -0.39 is 27.3 Å². The quantitative estimate of drug-likeness (QED) is 0.538. The van der Waals surface area contributed by atoms with Gasteiger partial charge in [0.1, 0.15) is 5.76 Å². The van der Waals surface area contributed by atoms with Gasteiger partial charge in [-0.25, -0.2) is 0 Å². The summed E-state index contributed by atoms with van der Waals surface area (Å²) < 4.78 is 60.8. The highest BCUT2D eigenvalue weighted by atomic mass is 32.2. The molecule has 1 rings (SSSR count). The van der Waals surface area contributed by atoms with E-state index >= 15 is 0 Å². The number of alkyl halides is 3. The summed E-state index contributed by atoms with van der Waals surface area (Å²) in [7, 11) is -4.24. The highest BCUT2D eigenvalue weighted by Gasteiger charge is 2.49. The fourth-order valence-electron chi connectivity index (χ4n) is 0.962. The van der Waals surface area contributed by atoms with Gasteiger partial charge in [-0.1, -0.05) is 0 Å². The molecule has 16 heavy (non-hydrogen) atoms. The van der Waals surface area contributed by atoms with Crippen LogP contribution in [0, 0.1) is 0 Å². The van der Waals surface area contributed by atoms with Crippen LogP contribution in [0.1, 0.15) is 6.42 Å². The molecule has 0 spiro atoms. The second-order valence-corrected chi connectivity index (χ2v) is 4.64. The monoisotopic (exact) mass is 259 g/mol. The van der Waals surface area contributed by atoms with Gasteiger partial charge in [-0.3, -0.25) is 4.79 Å². The molecule has 1 aliphatic heterocycles. The average molecular weight is 259 g/mol. The topological polar surface area (TPSA) is 63.7 Å². The first-order chi connectivity index (χ1) is 7.13. The van der Waals surface area contributed by atoms with Crippen LogP contribution < -0.4 is 0 Å². The van der Waals surface area contributed by atoms with Crippen molar-refractivity contribution in [1.29, 1.82) is 0 Å². The SMILES string of the molecule is CN1CCC(OS(=O)(=O)C(F)(F)F)=CC1=O. The largest absolute Gasteiger partial charge is 0.534 e. The molecule has 92 valence electrons. The van der Waals surface area contributed by atoms with Crippen LogP contribution in [-0.2, 0) is 19.1 Å². The lowest BCUT2D eigenvalue weighted by Crippen LogP contribution is -2.32. The number of likely N-dealkylation sites (N-methyl/N-ethyl adjacent to an activating group) is 1. The number of halogens is 3. The van der Waals surface area contributed by atoms with Gasteiger partial charge in [0, 0.05) is 26.1 Å². The number of carbonyl (C=O) groups excluding carboxylic acids is 1. The summed E-state index contributed by atoms with van der Waals surface area (Å²) in [5.41, 5.74) is -5.49. The van der Waals surface area contributed by atoms with Crippen LogP contribution in [-0.4, -0.2) is 38.3 Å². The normalized spacial score (nSPS) is 18.4. The van der Waals surface area contributed by atoms with Crippen molar-refractivity contribution in [3.05, 3.63) is 11.8 Å². The zero-order valence-electron chi connectivity index (χ0n) is 8.11. The molecule has 0 radical (unpaired) electrons. The minimum atomic E-state index is -5.68. The zero-order valence-corrected chi connectivity index (χ0v) is 8.93. The molecule has 1 heterocycles. The Labute approximate surface area is 89.6 Å². The Morgan fingerprint density at radius 3 is 2.44 bits per heavy atom. The fourth-order valence-corrected chi connectivity index (χ4v) is 1.47. The van der Waals surface area contributed by atoms with Crippen LogP contribution in [0.5, 0.6) is 0 Å². The second-order valence-electron chi connectivity index (χ2n) is 3.10. The fraction of sp³-hybridized carbons (Fsp3) is 0.571. The maximum Gasteiger partial charge on any atom is 0.534 e. The molecule has 5 nitrogen and oxygen atoms in total. The number of nitrogens with zero attached hydrogens (tertiary/aromatic N) is 1. The van der Waals surface area contributed by atoms with E-state index in [1.807, 2.05) is 0 Å². The van der Waals surface area contributed by atoms with E-state index in [1.165, 1.54) is 11.9 Å². The molecule has 0 saturated carbocycles. The molecular weight excluding hydrogens is 251 g/mol. The Kier molecular flexibility index (Phi) is 3.17. The van der Waals surface area contributed by atoms with Crippen molar-refractivity contribution in [2.45, 2.75) is 11.9 Å². The Bertz CT molecular complexity index is 425. The molecule has 1 aliphatic rings. The van der Waals surface area contributed by atoms with E-state index in [2.05, 4.69) is 4.18 Å². The second kappa shape index (κ2) is 3.96. The summed E-state index contributed by atoms with van der Waals surface area (Å²) in [6.07, 6.45) is 0.657. The van der Waals surface area contributed by atoms with Gasteiger partial charge in [0.2, 0.25) is 5.91 Å². The molecule has 0 unspecified atom stereocenters. The van der Waals surface area contributed by atoms with Gasteiger partial charge < -0.3 is 9.08 Å². The molecule has 0 aromatic heterocycles. The molecular formula is C7H8F3NO4S. The van der Waals surface area contributed by atoms with E-state index in [0.29, 0.717) is 0 Å². The van der Waals surface area contributed by atoms with Gasteiger partial charge in [-0.05, 0) is 0 Å². The van der Waals surface area contributed by atoms with E-state index in [4.69, 9.17) is 0 Å². The molecule has 0 bridgehead atoms. The van der Waals surface area contributed by atoms with Gasteiger partial charge in [0.15, 0.2) is 0 Å². The molecule has 9 heteroatoms. The van der Waals surface area contributed by atoms with Crippen molar-refractivity contribution in [2.75, 3.05) is 13.6 Å². The standard InChI is InChI=1S/C7H8F3NO4S/c1-11-3-2-5(4-6(11)12)15-16(13,14)7(8,9)10/h4H,2-3H2,1H3. The van der Waals surface area contributed by atoms with Crippen molar-refractivity contribution in [2.24, 2.45) is 0 Å². The van der Waals surface area contributed by atoms with Gasteiger partial charge in [0.05, 0.1) is 0 Å². The van der Waals surface area contributed by atoms with Crippen molar-refractivity contribution >= 4 is 16.0 Å². The zero-order chi connectivity index (χ0) is 12.6. The molecule has 0 aromatic rings. The number of rotatable bonds is 2. The summed E-state index contributed by atoms with van der Waals surface area (Å²) >= 11 is 0. The van der Waals surface area contributed by atoms with Crippen molar-refractivity contribution < 1.29 is 30.6 Å². The minimum absolute atomic E-state index is 0.0719. The molecule has 0 saturated heterocycles. The highest BCUT2D eigenvalue weighted by Crippen LogP contribution is 2.28. The van der Waals surface area contributed by atoms with Crippen molar-refractivity contribution in [3.63, 3.8) is 0 Å². The lowest BCUT2D eigenvalue weighted by molar-refractivity contribution is -0.125.